The maximum atomic E-state index is 13.6. The number of benzene rings is 2. The van der Waals surface area contributed by atoms with Crippen LogP contribution in [-0.4, -0.2) is 28.2 Å². The van der Waals surface area contributed by atoms with E-state index >= 15 is 0 Å². The molecule has 2 N–H and O–H groups in total. The molecule has 30 heavy (non-hydrogen) atoms. The highest BCUT2D eigenvalue weighted by Gasteiger charge is 2.65. The van der Waals surface area contributed by atoms with Gasteiger partial charge >= 0.3 is 12.2 Å². The van der Waals surface area contributed by atoms with Crippen LogP contribution in [0.25, 0.3) is 5.69 Å². The lowest BCUT2D eigenvalue weighted by Crippen LogP contribution is -2.29. The fourth-order valence-corrected chi connectivity index (χ4v) is 3.64. The third-order valence-electron chi connectivity index (χ3n) is 5.08. The number of hydrogen-bond donors (Lipinski definition) is 2. The molecule has 0 aliphatic heterocycles. The van der Waals surface area contributed by atoms with Crippen molar-refractivity contribution in [3.63, 3.8) is 0 Å². The highest BCUT2D eigenvalue weighted by Crippen LogP contribution is 2.58. The molecule has 0 spiro atoms. The van der Waals surface area contributed by atoms with E-state index in [4.69, 9.17) is 0 Å². The molecule has 0 bridgehead atoms. The van der Waals surface area contributed by atoms with E-state index in [-0.39, 0.29) is 24.4 Å². The van der Waals surface area contributed by atoms with Crippen LogP contribution in [0.3, 0.4) is 0 Å². The van der Waals surface area contributed by atoms with Gasteiger partial charge in [-0.2, -0.15) is 18.3 Å². The van der Waals surface area contributed by atoms with Crippen molar-refractivity contribution in [2.75, 3.05) is 16.9 Å². The Bertz CT molecular complexity index is 1040. The number of nitrogens with one attached hydrogen (secondary N) is 2. The minimum atomic E-state index is -4.39. The van der Waals surface area contributed by atoms with Crippen LogP contribution < -0.4 is 10.6 Å². The Hall–Kier alpha value is -2.94. The second kappa shape index (κ2) is 7.71. The Morgan fingerprint density at radius 2 is 1.73 bits per heavy atom. The topological polar surface area (TPSA) is 59.0 Å². The molecule has 1 saturated carbocycles. The average Bonchev–Trinajstić information content (AvgIpc) is 3.45. The summed E-state index contributed by atoms with van der Waals surface area (Å²) in [7, 11) is 0. The zero-order valence-corrected chi connectivity index (χ0v) is 16.8. The average molecular weight is 432 g/mol. The number of rotatable bonds is 5. The molecule has 2 aromatic carbocycles. The lowest BCUT2D eigenvalue weighted by atomic mass is 10.0. The summed E-state index contributed by atoms with van der Waals surface area (Å²) < 4.78 is 42.1. The van der Waals surface area contributed by atoms with E-state index in [1.165, 1.54) is 10.7 Å². The van der Waals surface area contributed by atoms with Crippen molar-refractivity contribution in [2.45, 2.75) is 29.3 Å². The Labute approximate surface area is 175 Å². The second-order valence-corrected chi connectivity index (χ2v) is 7.93. The predicted molar refractivity (Wildman–Crippen MR) is 111 cm³/mol. The van der Waals surface area contributed by atoms with Crippen LogP contribution in [0, 0.1) is 0 Å². The monoisotopic (exact) mass is 432 g/mol. The standard InChI is InChI=1S/C21H19F3N4OS/c1-30-16-9-7-14(8-10-16)25-19(29)26-18-13-17(20(11-12-20)21(22,23)24)27-28(18)15-5-3-2-4-6-15/h2-10,13H,11-12H2,1H3,(H2,25,26,29). The first-order valence-electron chi connectivity index (χ1n) is 9.27. The van der Waals surface area contributed by atoms with Crippen LogP contribution in [0.1, 0.15) is 18.5 Å². The molecule has 1 fully saturated rings. The summed E-state index contributed by atoms with van der Waals surface area (Å²) in [4.78, 5) is 13.6. The van der Waals surface area contributed by atoms with Crippen LogP contribution in [0.15, 0.2) is 65.6 Å². The molecule has 1 aliphatic rings. The molecule has 156 valence electrons. The predicted octanol–water partition coefficient (Wildman–Crippen LogP) is 5.83. The number of nitrogens with zero attached hydrogens (tertiary/aromatic N) is 2. The van der Waals surface area contributed by atoms with Gasteiger partial charge in [-0.25, -0.2) is 9.48 Å². The number of carbonyl (C=O) groups is 1. The molecule has 0 atom stereocenters. The first-order chi connectivity index (χ1) is 14.3. The molecule has 9 heteroatoms. The van der Waals surface area contributed by atoms with E-state index in [9.17, 15) is 18.0 Å². The van der Waals surface area contributed by atoms with Crippen LogP contribution >= 0.6 is 11.8 Å². The largest absolute Gasteiger partial charge is 0.400 e. The number of thioether (sulfide) groups is 1. The molecule has 4 rings (SSSR count). The molecule has 0 saturated heterocycles. The third-order valence-corrected chi connectivity index (χ3v) is 5.83. The zero-order chi connectivity index (χ0) is 21.4. The van der Waals surface area contributed by atoms with Gasteiger partial charge in [0.05, 0.1) is 11.4 Å². The van der Waals surface area contributed by atoms with Crippen molar-refractivity contribution in [1.82, 2.24) is 9.78 Å². The van der Waals surface area contributed by atoms with Gasteiger partial charge in [0.2, 0.25) is 0 Å². The maximum absolute atomic E-state index is 13.6. The highest BCUT2D eigenvalue weighted by molar-refractivity contribution is 7.98. The number of carbonyl (C=O) groups excluding carboxylic acids is 1. The quantitative estimate of drug-likeness (QED) is 0.499. The fourth-order valence-electron chi connectivity index (χ4n) is 3.23. The van der Waals surface area contributed by atoms with E-state index in [1.807, 2.05) is 18.4 Å². The molecule has 0 radical (unpaired) electrons. The normalized spacial score (nSPS) is 14.9. The Morgan fingerprint density at radius 1 is 1.07 bits per heavy atom. The van der Waals surface area contributed by atoms with Crippen molar-refractivity contribution in [2.24, 2.45) is 0 Å². The molecule has 5 nitrogen and oxygen atoms in total. The van der Waals surface area contributed by atoms with E-state index < -0.39 is 17.6 Å². The molecular formula is C21H19F3N4OS. The molecule has 1 aliphatic carbocycles. The van der Waals surface area contributed by atoms with Crippen molar-refractivity contribution < 1.29 is 18.0 Å². The molecule has 1 heterocycles. The molecule has 2 amide bonds. The number of hydrogen-bond acceptors (Lipinski definition) is 3. The Kier molecular flexibility index (Phi) is 5.23. The summed E-state index contributed by atoms with van der Waals surface area (Å²) in [6.07, 6.45) is -2.45. The van der Waals surface area contributed by atoms with Crippen LogP contribution in [0.2, 0.25) is 0 Å². The summed E-state index contributed by atoms with van der Waals surface area (Å²) in [5.74, 6) is 0.171. The number of alkyl halides is 3. The SMILES string of the molecule is CSc1ccc(NC(=O)Nc2cc(C3(C(F)(F)F)CC3)nn2-c2ccccc2)cc1. The Morgan fingerprint density at radius 3 is 2.30 bits per heavy atom. The summed E-state index contributed by atoms with van der Waals surface area (Å²) >= 11 is 1.58. The van der Waals surface area contributed by atoms with E-state index in [0.29, 0.717) is 11.4 Å². The van der Waals surface area contributed by atoms with Crippen molar-refractivity contribution in [3.05, 3.63) is 66.4 Å². The van der Waals surface area contributed by atoms with E-state index in [1.54, 1.807) is 54.2 Å². The Balaban J connectivity index is 1.62. The minimum absolute atomic E-state index is 0.00424. The minimum Gasteiger partial charge on any atom is -0.308 e. The number of aromatic nitrogens is 2. The summed E-state index contributed by atoms with van der Waals surface area (Å²) in [6, 6.07) is 16.7. The molecule has 0 unspecified atom stereocenters. The van der Waals surface area contributed by atoms with Gasteiger partial charge in [0.1, 0.15) is 11.2 Å². The molecule has 1 aromatic heterocycles. The van der Waals surface area contributed by atoms with Crippen molar-refractivity contribution in [1.29, 1.82) is 0 Å². The highest BCUT2D eigenvalue weighted by atomic mass is 32.2. The van der Waals surface area contributed by atoms with E-state index in [2.05, 4.69) is 15.7 Å². The van der Waals surface area contributed by atoms with Gasteiger partial charge in [-0.3, -0.25) is 5.32 Å². The van der Waals surface area contributed by atoms with Crippen LogP contribution in [0.5, 0.6) is 0 Å². The summed E-state index contributed by atoms with van der Waals surface area (Å²) in [5.41, 5.74) is -0.891. The number of anilines is 2. The lowest BCUT2D eigenvalue weighted by Gasteiger charge is -2.16. The zero-order valence-electron chi connectivity index (χ0n) is 16.0. The summed E-state index contributed by atoms with van der Waals surface area (Å²) in [5, 5.41) is 9.54. The van der Waals surface area contributed by atoms with Gasteiger partial charge < -0.3 is 5.32 Å². The molecular weight excluding hydrogens is 413 g/mol. The van der Waals surface area contributed by atoms with E-state index in [0.717, 1.165) is 4.90 Å². The van der Waals surface area contributed by atoms with Gasteiger partial charge in [-0.15, -0.1) is 11.8 Å². The van der Waals surface area contributed by atoms with Crippen LogP contribution in [0.4, 0.5) is 29.5 Å². The van der Waals surface area contributed by atoms with Gasteiger partial charge in [0.25, 0.3) is 0 Å². The molecule has 3 aromatic rings. The van der Waals surface area contributed by atoms with Gasteiger partial charge in [0.15, 0.2) is 0 Å². The van der Waals surface area contributed by atoms with Crippen LogP contribution in [-0.2, 0) is 5.41 Å². The number of halogens is 3. The van der Waals surface area contributed by atoms with Gasteiger partial charge in [-0.05, 0) is 55.5 Å². The number of amides is 2. The summed E-state index contributed by atoms with van der Waals surface area (Å²) in [6.45, 7) is 0. The van der Waals surface area contributed by atoms with Crippen molar-refractivity contribution >= 4 is 29.3 Å². The lowest BCUT2D eigenvalue weighted by molar-refractivity contribution is -0.161. The van der Waals surface area contributed by atoms with Gasteiger partial charge in [0, 0.05) is 16.6 Å². The maximum Gasteiger partial charge on any atom is 0.400 e. The van der Waals surface area contributed by atoms with Crippen molar-refractivity contribution in [3.8, 4) is 5.69 Å². The van der Waals surface area contributed by atoms with Gasteiger partial charge in [-0.1, -0.05) is 18.2 Å². The second-order valence-electron chi connectivity index (χ2n) is 7.05. The number of urea groups is 1. The third kappa shape index (κ3) is 3.89. The first kappa shape index (κ1) is 20.3. The fraction of sp³-hybridized carbons (Fsp3) is 0.238. The first-order valence-corrected chi connectivity index (χ1v) is 10.5. The smallest absolute Gasteiger partial charge is 0.308 e. The number of para-hydroxylation sites is 1.